The van der Waals surface area contributed by atoms with Crippen LogP contribution in [-0.2, 0) is 9.53 Å². The second-order valence-electron chi connectivity index (χ2n) is 6.70. The summed E-state index contributed by atoms with van der Waals surface area (Å²) in [5.41, 5.74) is 2.45. The molecule has 3 heterocycles. The number of amides is 2. The maximum absolute atomic E-state index is 13.1. The summed E-state index contributed by atoms with van der Waals surface area (Å²) in [4.78, 5) is 29.5. The summed E-state index contributed by atoms with van der Waals surface area (Å²) in [5.74, 6) is -0.118. The van der Waals surface area contributed by atoms with E-state index < -0.39 is 6.04 Å². The molecule has 1 atom stereocenters. The van der Waals surface area contributed by atoms with Crippen molar-refractivity contribution in [2.45, 2.75) is 6.04 Å². The molecule has 0 radical (unpaired) electrons. The van der Waals surface area contributed by atoms with Gasteiger partial charge in [0.25, 0.3) is 5.91 Å². The Labute approximate surface area is 157 Å². The van der Waals surface area contributed by atoms with Crippen LogP contribution in [-0.4, -0.2) is 83.8 Å². The fraction of sp³-hybridized carbons (Fsp3) is 0.421. The molecule has 2 N–H and O–H groups in total. The topological polar surface area (TPSA) is 90.6 Å². The van der Waals surface area contributed by atoms with E-state index in [2.05, 4.69) is 15.5 Å². The van der Waals surface area contributed by atoms with E-state index >= 15 is 0 Å². The predicted octanol–water partition coefficient (Wildman–Crippen LogP) is 0.350. The highest BCUT2D eigenvalue weighted by atomic mass is 16.5. The van der Waals surface area contributed by atoms with Crippen LogP contribution in [0.25, 0.3) is 11.3 Å². The molecule has 1 aromatic carbocycles. The first-order chi connectivity index (χ1) is 13.2. The summed E-state index contributed by atoms with van der Waals surface area (Å²) in [5, 5.41) is 10.1. The zero-order chi connectivity index (χ0) is 18.6. The van der Waals surface area contributed by atoms with Crippen LogP contribution in [0.15, 0.2) is 36.5 Å². The van der Waals surface area contributed by atoms with Crippen molar-refractivity contribution in [2.75, 3.05) is 45.9 Å². The van der Waals surface area contributed by atoms with Gasteiger partial charge in [-0.2, -0.15) is 5.10 Å². The lowest BCUT2D eigenvalue weighted by atomic mass is 10.1. The number of hydrogen-bond donors (Lipinski definition) is 2. The third-order valence-electron chi connectivity index (χ3n) is 5.06. The molecule has 0 bridgehead atoms. The van der Waals surface area contributed by atoms with Crippen molar-refractivity contribution in [3.8, 4) is 11.3 Å². The standard InChI is InChI=1S/C19H23N5O3/c25-18(15-3-1-14(2-4-15)16-5-6-21-22-16)24-8-7-20-13-17(24)19(26)23-9-11-27-12-10-23/h1-6,17,20H,7-13H2,(H,21,22)/t17-/m0/s1. The van der Waals surface area contributed by atoms with Crippen molar-refractivity contribution in [2.24, 2.45) is 0 Å². The van der Waals surface area contributed by atoms with Crippen molar-refractivity contribution in [1.82, 2.24) is 25.3 Å². The van der Waals surface area contributed by atoms with Crippen molar-refractivity contribution >= 4 is 11.8 Å². The van der Waals surface area contributed by atoms with E-state index in [-0.39, 0.29) is 11.8 Å². The average Bonchev–Trinajstić information content (AvgIpc) is 3.28. The Morgan fingerprint density at radius 3 is 2.56 bits per heavy atom. The summed E-state index contributed by atoms with van der Waals surface area (Å²) in [6.07, 6.45) is 1.69. The molecule has 0 unspecified atom stereocenters. The number of aromatic nitrogens is 2. The maximum Gasteiger partial charge on any atom is 0.254 e. The van der Waals surface area contributed by atoms with Gasteiger partial charge >= 0.3 is 0 Å². The number of aromatic amines is 1. The molecular weight excluding hydrogens is 346 g/mol. The summed E-state index contributed by atoms with van der Waals surface area (Å²) in [6, 6.07) is 8.79. The van der Waals surface area contributed by atoms with Gasteiger partial charge in [0.15, 0.2) is 0 Å². The molecule has 4 rings (SSSR count). The number of benzene rings is 1. The first kappa shape index (κ1) is 17.7. The molecule has 8 nitrogen and oxygen atoms in total. The van der Waals surface area contributed by atoms with Gasteiger partial charge in [-0.25, -0.2) is 0 Å². The molecule has 2 aliphatic rings. The van der Waals surface area contributed by atoms with Crippen molar-refractivity contribution in [1.29, 1.82) is 0 Å². The molecule has 2 fully saturated rings. The van der Waals surface area contributed by atoms with Crippen molar-refractivity contribution in [3.05, 3.63) is 42.1 Å². The Bertz CT molecular complexity index is 784. The number of rotatable bonds is 3. The van der Waals surface area contributed by atoms with Crippen LogP contribution in [0.2, 0.25) is 0 Å². The van der Waals surface area contributed by atoms with Crippen LogP contribution in [0.5, 0.6) is 0 Å². The van der Waals surface area contributed by atoms with Gasteiger partial charge in [-0.15, -0.1) is 0 Å². The second kappa shape index (κ2) is 7.89. The minimum absolute atomic E-state index is 0.00655. The number of carbonyl (C=O) groups is 2. The zero-order valence-corrected chi connectivity index (χ0v) is 15.1. The van der Waals surface area contributed by atoms with Gasteiger partial charge in [0.05, 0.1) is 18.9 Å². The Morgan fingerprint density at radius 1 is 1.07 bits per heavy atom. The number of H-pyrrole nitrogens is 1. The van der Waals surface area contributed by atoms with Gasteiger partial charge in [-0.3, -0.25) is 14.7 Å². The van der Waals surface area contributed by atoms with Crippen LogP contribution < -0.4 is 5.32 Å². The van der Waals surface area contributed by atoms with E-state index in [1.807, 2.05) is 18.2 Å². The van der Waals surface area contributed by atoms with Crippen molar-refractivity contribution < 1.29 is 14.3 Å². The molecule has 0 spiro atoms. The lowest BCUT2D eigenvalue weighted by Crippen LogP contribution is -2.61. The van der Waals surface area contributed by atoms with Crippen LogP contribution in [0.1, 0.15) is 10.4 Å². The van der Waals surface area contributed by atoms with Crippen molar-refractivity contribution in [3.63, 3.8) is 0 Å². The number of morpholine rings is 1. The largest absolute Gasteiger partial charge is 0.378 e. The summed E-state index contributed by atoms with van der Waals surface area (Å²) < 4.78 is 5.33. The van der Waals surface area contributed by atoms with Gasteiger partial charge < -0.3 is 19.9 Å². The Morgan fingerprint density at radius 2 is 1.85 bits per heavy atom. The average molecular weight is 369 g/mol. The first-order valence-electron chi connectivity index (χ1n) is 9.22. The quantitative estimate of drug-likeness (QED) is 0.815. The summed E-state index contributed by atoms with van der Waals surface area (Å²) in [7, 11) is 0. The Kier molecular flexibility index (Phi) is 5.17. The third kappa shape index (κ3) is 3.72. The number of hydrogen-bond acceptors (Lipinski definition) is 5. The predicted molar refractivity (Wildman–Crippen MR) is 99.1 cm³/mol. The number of piperazine rings is 1. The first-order valence-corrected chi connectivity index (χ1v) is 9.22. The lowest BCUT2D eigenvalue weighted by Gasteiger charge is -2.39. The molecule has 0 saturated carbocycles. The number of carbonyl (C=O) groups excluding carboxylic acids is 2. The number of nitrogens with zero attached hydrogens (tertiary/aromatic N) is 3. The molecule has 8 heteroatoms. The zero-order valence-electron chi connectivity index (χ0n) is 15.1. The second-order valence-corrected chi connectivity index (χ2v) is 6.70. The highest BCUT2D eigenvalue weighted by molar-refractivity contribution is 5.98. The van der Waals surface area contributed by atoms with Gasteiger partial charge in [0, 0.05) is 44.5 Å². The van der Waals surface area contributed by atoms with Crippen LogP contribution in [0.3, 0.4) is 0 Å². The highest BCUT2D eigenvalue weighted by Gasteiger charge is 2.35. The van der Waals surface area contributed by atoms with Gasteiger partial charge in [0.1, 0.15) is 6.04 Å². The minimum Gasteiger partial charge on any atom is -0.378 e. The smallest absolute Gasteiger partial charge is 0.254 e. The molecule has 2 aliphatic heterocycles. The summed E-state index contributed by atoms with van der Waals surface area (Å²) in [6.45, 7) is 3.94. The molecule has 142 valence electrons. The van der Waals surface area contributed by atoms with Gasteiger partial charge in [0.2, 0.25) is 5.91 Å². The van der Waals surface area contributed by atoms with E-state index in [1.54, 1.807) is 28.1 Å². The molecule has 1 aromatic heterocycles. The SMILES string of the molecule is O=C([C@@H]1CNCCN1C(=O)c1ccc(-c2ccn[nH]2)cc1)N1CCOCC1. The molecule has 27 heavy (non-hydrogen) atoms. The molecular formula is C19H23N5O3. The van der Waals surface area contributed by atoms with Gasteiger partial charge in [-0.05, 0) is 23.8 Å². The third-order valence-corrected chi connectivity index (χ3v) is 5.06. The van der Waals surface area contributed by atoms with E-state index in [4.69, 9.17) is 4.74 Å². The van der Waals surface area contributed by atoms with Gasteiger partial charge in [-0.1, -0.05) is 12.1 Å². The number of ether oxygens (including phenoxy) is 1. The molecule has 2 amide bonds. The number of nitrogens with one attached hydrogen (secondary N) is 2. The van der Waals surface area contributed by atoms with E-state index in [9.17, 15) is 9.59 Å². The maximum atomic E-state index is 13.1. The Hall–Kier alpha value is -2.71. The molecule has 0 aliphatic carbocycles. The molecule has 2 aromatic rings. The fourth-order valence-corrected chi connectivity index (χ4v) is 3.54. The normalized spacial score (nSPS) is 20.5. The monoisotopic (exact) mass is 369 g/mol. The fourth-order valence-electron chi connectivity index (χ4n) is 3.54. The van der Waals surface area contributed by atoms with E-state index in [0.29, 0.717) is 51.5 Å². The minimum atomic E-state index is -0.475. The lowest BCUT2D eigenvalue weighted by molar-refractivity contribution is -0.140. The summed E-state index contributed by atoms with van der Waals surface area (Å²) >= 11 is 0. The van der Waals surface area contributed by atoms with E-state index in [1.165, 1.54) is 0 Å². The highest BCUT2D eigenvalue weighted by Crippen LogP contribution is 2.19. The molecule has 2 saturated heterocycles. The van der Waals surface area contributed by atoms with E-state index in [0.717, 1.165) is 11.3 Å². The van der Waals surface area contributed by atoms with Crippen LogP contribution >= 0.6 is 0 Å². The Balaban J connectivity index is 1.50. The van der Waals surface area contributed by atoms with Crippen LogP contribution in [0.4, 0.5) is 0 Å². The van der Waals surface area contributed by atoms with Crippen LogP contribution in [0, 0.1) is 0 Å².